The van der Waals surface area contributed by atoms with E-state index in [9.17, 15) is 10.1 Å². The van der Waals surface area contributed by atoms with Crippen LogP contribution in [-0.4, -0.2) is 61.0 Å². The van der Waals surface area contributed by atoms with Crippen LogP contribution in [0.3, 0.4) is 0 Å². The first-order valence-corrected chi connectivity index (χ1v) is 11.2. The van der Waals surface area contributed by atoms with Crippen LogP contribution in [0, 0.1) is 11.3 Å². The van der Waals surface area contributed by atoms with E-state index in [4.69, 9.17) is 14.5 Å². The van der Waals surface area contributed by atoms with Crippen LogP contribution < -0.4 is 15.4 Å². The number of piperazine rings is 1. The van der Waals surface area contributed by atoms with Gasteiger partial charge in [-0.15, -0.1) is 0 Å². The molecule has 33 heavy (non-hydrogen) atoms. The maximum atomic E-state index is 12.7. The molecule has 0 radical (unpaired) electrons. The molecule has 170 valence electrons. The van der Waals surface area contributed by atoms with E-state index in [0.717, 1.165) is 55.4 Å². The highest BCUT2D eigenvalue weighted by Crippen LogP contribution is 2.27. The molecule has 9 nitrogen and oxygen atoms in total. The van der Waals surface area contributed by atoms with Crippen molar-refractivity contribution in [2.75, 3.05) is 56.3 Å². The minimum absolute atomic E-state index is 0.0543. The van der Waals surface area contributed by atoms with Gasteiger partial charge in [0, 0.05) is 51.0 Å². The topological polar surface area (TPSA) is 96.5 Å². The third kappa shape index (κ3) is 4.15. The third-order valence-electron chi connectivity index (χ3n) is 6.32. The number of pyridine rings is 1. The standard InChI is InChI=1S/C24H26N6O3/c1-32-11-9-30-16-26-22-13-19(2-3-20(22)24(30)31)28-5-7-29(8-6-28)23-17(14-25)12-18-15-33-10-4-21(18)27-23/h2-3,12-13,16H,4-11,15H2,1H3. The highest BCUT2D eigenvalue weighted by atomic mass is 16.5. The Morgan fingerprint density at radius 3 is 2.79 bits per heavy atom. The van der Waals surface area contributed by atoms with E-state index in [2.05, 4.69) is 20.9 Å². The van der Waals surface area contributed by atoms with Gasteiger partial charge in [0.15, 0.2) is 0 Å². The summed E-state index contributed by atoms with van der Waals surface area (Å²) in [4.78, 5) is 26.5. The molecular formula is C24H26N6O3. The number of nitrogens with zero attached hydrogens (tertiary/aromatic N) is 6. The average Bonchev–Trinajstić information content (AvgIpc) is 2.87. The lowest BCUT2D eigenvalue weighted by Crippen LogP contribution is -2.47. The minimum atomic E-state index is -0.0543. The second-order valence-corrected chi connectivity index (χ2v) is 8.29. The Balaban J connectivity index is 1.33. The van der Waals surface area contributed by atoms with Gasteiger partial charge in [0.25, 0.3) is 5.56 Å². The second kappa shape index (κ2) is 9.17. The monoisotopic (exact) mass is 446 g/mol. The molecule has 0 atom stereocenters. The minimum Gasteiger partial charge on any atom is -0.383 e. The Bertz CT molecular complexity index is 1270. The number of anilines is 2. The Labute approximate surface area is 191 Å². The van der Waals surface area contributed by atoms with Gasteiger partial charge in [-0.05, 0) is 24.3 Å². The summed E-state index contributed by atoms with van der Waals surface area (Å²) in [5.41, 5.74) is 4.34. The number of benzene rings is 1. The van der Waals surface area contributed by atoms with Crippen molar-refractivity contribution in [2.45, 2.75) is 19.6 Å². The molecule has 1 aromatic carbocycles. The molecule has 0 bridgehead atoms. The molecule has 2 aromatic heterocycles. The Kier molecular flexibility index (Phi) is 5.94. The van der Waals surface area contributed by atoms with Gasteiger partial charge in [0.05, 0.1) is 54.9 Å². The first kappa shape index (κ1) is 21.4. The van der Waals surface area contributed by atoms with Crippen LogP contribution in [0.15, 0.2) is 35.4 Å². The van der Waals surface area contributed by atoms with E-state index in [0.29, 0.717) is 42.8 Å². The van der Waals surface area contributed by atoms with Crippen molar-refractivity contribution < 1.29 is 9.47 Å². The Morgan fingerprint density at radius 2 is 2.00 bits per heavy atom. The molecule has 5 rings (SSSR count). The molecule has 0 N–H and O–H groups in total. The Morgan fingerprint density at radius 1 is 1.18 bits per heavy atom. The molecule has 0 amide bonds. The SMILES string of the molecule is COCCn1cnc2cc(N3CCN(c4nc5c(cc4C#N)COCC5)CC3)ccc2c1=O. The van der Waals surface area contributed by atoms with Crippen molar-refractivity contribution >= 4 is 22.4 Å². The molecule has 2 aliphatic heterocycles. The van der Waals surface area contributed by atoms with Crippen molar-refractivity contribution in [3.63, 3.8) is 0 Å². The van der Waals surface area contributed by atoms with E-state index in [1.54, 1.807) is 18.0 Å². The van der Waals surface area contributed by atoms with E-state index < -0.39 is 0 Å². The van der Waals surface area contributed by atoms with E-state index >= 15 is 0 Å². The van der Waals surface area contributed by atoms with Crippen LogP contribution in [0.4, 0.5) is 11.5 Å². The van der Waals surface area contributed by atoms with Crippen LogP contribution in [0.5, 0.6) is 0 Å². The molecule has 1 fully saturated rings. The quantitative estimate of drug-likeness (QED) is 0.584. The van der Waals surface area contributed by atoms with Crippen LogP contribution in [0.2, 0.25) is 0 Å². The first-order valence-electron chi connectivity index (χ1n) is 11.2. The lowest BCUT2D eigenvalue weighted by Gasteiger charge is -2.37. The van der Waals surface area contributed by atoms with Gasteiger partial charge < -0.3 is 19.3 Å². The number of aromatic nitrogens is 3. The molecule has 0 aliphatic carbocycles. The van der Waals surface area contributed by atoms with Gasteiger partial charge in [0.2, 0.25) is 0 Å². The fourth-order valence-corrected chi connectivity index (χ4v) is 4.47. The summed E-state index contributed by atoms with van der Waals surface area (Å²) in [5.74, 6) is 0.773. The third-order valence-corrected chi connectivity index (χ3v) is 6.32. The number of fused-ring (bicyclic) bond motifs is 2. The van der Waals surface area contributed by atoms with Crippen LogP contribution in [0.1, 0.15) is 16.8 Å². The number of nitriles is 1. The van der Waals surface area contributed by atoms with Crippen molar-refractivity contribution in [2.24, 2.45) is 0 Å². The lowest BCUT2D eigenvalue weighted by molar-refractivity contribution is 0.109. The number of rotatable bonds is 5. The van der Waals surface area contributed by atoms with Crippen LogP contribution in [0.25, 0.3) is 10.9 Å². The molecule has 3 aromatic rings. The van der Waals surface area contributed by atoms with E-state index in [1.165, 1.54) is 0 Å². The van der Waals surface area contributed by atoms with Gasteiger partial charge in [-0.1, -0.05) is 0 Å². The van der Waals surface area contributed by atoms with Gasteiger partial charge in [0.1, 0.15) is 11.9 Å². The summed E-state index contributed by atoms with van der Waals surface area (Å²) in [6, 6.07) is 10.1. The Hall–Kier alpha value is -3.48. The molecule has 0 unspecified atom stereocenters. The first-order chi connectivity index (χ1) is 16.2. The van der Waals surface area contributed by atoms with Crippen molar-refractivity contribution in [3.8, 4) is 6.07 Å². The normalized spacial score (nSPS) is 16.0. The second-order valence-electron chi connectivity index (χ2n) is 8.29. The highest BCUT2D eigenvalue weighted by Gasteiger charge is 2.23. The summed E-state index contributed by atoms with van der Waals surface area (Å²) < 4.78 is 12.2. The molecule has 2 aliphatic rings. The van der Waals surface area contributed by atoms with Crippen LogP contribution in [-0.2, 0) is 29.0 Å². The fourth-order valence-electron chi connectivity index (χ4n) is 4.47. The zero-order chi connectivity index (χ0) is 22.8. The number of hydrogen-bond donors (Lipinski definition) is 0. The maximum absolute atomic E-state index is 12.7. The molecule has 4 heterocycles. The lowest BCUT2D eigenvalue weighted by atomic mass is 10.1. The predicted octanol–water partition coefficient (Wildman–Crippen LogP) is 1.71. The molecule has 1 saturated heterocycles. The molecule has 9 heteroatoms. The number of ether oxygens (including phenoxy) is 2. The zero-order valence-electron chi connectivity index (χ0n) is 18.7. The number of methoxy groups -OCH3 is 1. The predicted molar refractivity (Wildman–Crippen MR) is 125 cm³/mol. The summed E-state index contributed by atoms with van der Waals surface area (Å²) >= 11 is 0. The van der Waals surface area contributed by atoms with E-state index in [-0.39, 0.29) is 5.56 Å². The van der Waals surface area contributed by atoms with Gasteiger partial charge in [-0.2, -0.15) is 5.26 Å². The molecular weight excluding hydrogens is 420 g/mol. The average molecular weight is 447 g/mol. The van der Waals surface area contributed by atoms with Crippen molar-refractivity contribution in [1.82, 2.24) is 14.5 Å². The molecule has 0 spiro atoms. The highest BCUT2D eigenvalue weighted by molar-refractivity contribution is 5.81. The van der Waals surface area contributed by atoms with Gasteiger partial charge in [-0.3, -0.25) is 9.36 Å². The smallest absolute Gasteiger partial charge is 0.261 e. The summed E-state index contributed by atoms with van der Waals surface area (Å²) in [6.45, 7) is 5.27. The molecule has 0 saturated carbocycles. The maximum Gasteiger partial charge on any atom is 0.261 e. The summed E-state index contributed by atoms with van der Waals surface area (Å²) in [7, 11) is 1.61. The van der Waals surface area contributed by atoms with Gasteiger partial charge in [-0.25, -0.2) is 9.97 Å². The fraction of sp³-hybridized carbons (Fsp3) is 0.417. The summed E-state index contributed by atoms with van der Waals surface area (Å²) in [5, 5.41) is 10.3. The largest absolute Gasteiger partial charge is 0.383 e. The zero-order valence-corrected chi connectivity index (χ0v) is 18.7. The van der Waals surface area contributed by atoms with E-state index in [1.807, 2.05) is 24.3 Å². The van der Waals surface area contributed by atoms with Gasteiger partial charge >= 0.3 is 0 Å². The van der Waals surface area contributed by atoms with Crippen molar-refractivity contribution in [1.29, 1.82) is 5.26 Å². The summed E-state index contributed by atoms with van der Waals surface area (Å²) in [6.07, 6.45) is 2.37. The van der Waals surface area contributed by atoms with Crippen molar-refractivity contribution in [3.05, 3.63) is 57.8 Å². The van der Waals surface area contributed by atoms with Crippen LogP contribution >= 0.6 is 0 Å². The number of hydrogen-bond acceptors (Lipinski definition) is 8.